The molecule has 0 aliphatic heterocycles. The summed E-state index contributed by atoms with van der Waals surface area (Å²) in [7, 11) is -4.63. The fourth-order valence-electron chi connectivity index (χ4n) is 1.45. The first kappa shape index (κ1) is 16.9. The van der Waals surface area contributed by atoms with Crippen molar-refractivity contribution in [3.63, 3.8) is 0 Å². The van der Waals surface area contributed by atoms with E-state index in [-0.39, 0.29) is 28.7 Å². The van der Waals surface area contributed by atoms with Gasteiger partial charge in [0, 0.05) is 19.9 Å². The zero-order valence-corrected chi connectivity index (χ0v) is 13.0. The van der Waals surface area contributed by atoms with Crippen LogP contribution in [0.2, 0.25) is 0 Å². The van der Waals surface area contributed by atoms with Crippen LogP contribution in [0.25, 0.3) is 0 Å². The third-order valence-corrected chi connectivity index (χ3v) is 5.04. The summed E-state index contributed by atoms with van der Waals surface area (Å²) >= 11 is 0. The third-order valence-electron chi connectivity index (χ3n) is 2.45. The number of ether oxygens (including phenoxy) is 2. The van der Waals surface area contributed by atoms with E-state index in [0.717, 1.165) is 12.3 Å². The Bertz CT molecular complexity index is 666. The van der Waals surface area contributed by atoms with Crippen molar-refractivity contribution in [3.8, 4) is 5.75 Å². The molecule has 0 atom stereocenters. The summed E-state index contributed by atoms with van der Waals surface area (Å²) in [5.74, 6) is 0.0716. The molecule has 1 aromatic carbocycles. The molecule has 1 N–H and O–H groups in total. The minimum Gasteiger partial charge on any atom is -0.495 e. The van der Waals surface area contributed by atoms with E-state index in [1.54, 1.807) is 0 Å². The normalized spacial score (nSPS) is 12.3. The third kappa shape index (κ3) is 4.17. The number of benzene rings is 1. The maximum atomic E-state index is 12.1. The molecule has 0 bridgehead atoms. The molecule has 0 aliphatic rings. The number of rotatable bonds is 7. The van der Waals surface area contributed by atoms with Crippen LogP contribution in [0.3, 0.4) is 0 Å². The van der Waals surface area contributed by atoms with Crippen molar-refractivity contribution in [1.29, 1.82) is 0 Å². The molecule has 20 heavy (non-hydrogen) atoms. The summed E-state index contributed by atoms with van der Waals surface area (Å²) in [5, 5.41) is 0. The topological polar surface area (TPSA) is 98.8 Å². The largest absolute Gasteiger partial charge is 0.495 e. The second-order valence-corrected chi connectivity index (χ2v) is 7.73. The molecule has 0 spiro atoms. The zero-order valence-electron chi connectivity index (χ0n) is 11.4. The van der Waals surface area contributed by atoms with Gasteiger partial charge in [-0.3, -0.25) is 0 Å². The Labute approximate surface area is 118 Å². The van der Waals surface area contributed by atoms with Crippen LogP contribution in [0.4, 0.5) is 0 Å². The highest BCUT2D eigenvalue weighted by Gasteiger charge is 2.21. The molecule has 9 heteroatoms. The second-order valence-electron chi connectivity index (χ2n) is 3.98. The summed E-state index contributed by atoms with van der Waals surface area (Å²) in [6.45, 7) is 0.276. The molecular weight excluding hydrogens is 306 g/mol. The van der Waals surface area contributed by atoms with Crippen LogP contribution in [0, 0.1) is 0 Å². The first-order chi connectivity index (χ1) is 9.22. The molecule has 0 saturated carbocycles. The lowest BCUT2D eigenvalue weighted by atomic mass is 10.3. The number of hydrogen-bond acceptors (Lipinski definition) is 6. The lowest BCUT2D eigenvalue weighted by Crippen LogP contribution is -2.27. The van der Waals surface area contributed by atoms with Crippen molar-refractivity contribution in [3.05, 3.63) is 18.2 Å². The van der Waals surface area contributed by atoms with E-state index in [9.17, 15) is 16.8 Å². The first-order valence-electron chi connectivity index (χ1n) is 5.59. The van der Waals surface area contributed by atoms with Gasteiger partial charge < -0.3 is 9.47 Å². The highest BCUT2D eigenvalue weighted by molar-refractivity contribution is 7.91. The van der Waals surface area contributed by atoms with Crippen LogP contribution in [-0.4, -0.2) is 50.5 Å². The monoisotopic (exact) mass is 323 g/mol. The van der Waals surface area contributed by atoms with Crippen molar-refractivity contribution in [2.45, 2.75) is 9.79 Å². The minimum atomic E-state index is -3.88. The Morgan fingerprint density at radius 3 is 2.30 bits per heavy atom. The first-order valence-corrected chi connectivity index (χ1v) is 8.96. The summed E-state index contributed by atoms with van der Waals surface area (Å²) in [6, 6.07) is 3.67. The molecule has 0 aromatic heterocycles. The van der Waals surface area contributed by atoms with Crippen molar-refractivity contribution in [2.75, 3.05) is 33.6 Å². The van der Waals surface area contributed by atoms with Gasteiger partial charge in [0.2, 0.25) is 10.0 Å². The Hall–Kier alpha value is -1.16. The van der Waals surface area contributed by atoms with Gasteiger partial charge in [0.15, 0.2) is 9.84 Å². The second kappa shape index (κ2) is 6.53. The molecule has 0 aliphatic carbocycles. The lowest BCUT2D eigenvalue weighted by molar-refractivity contribution is 0.204. The van der Waals surface area contributed by atoms with E-state index >= 15 is 0 Å². The lowest BCUT2D eigenvalue weighted by Gasteiger charge is -2.11. The Morgan fingerprint density at radius 1 is 1.15 bits per heavy atom. The standard InChI is InChI=1S/C11H17NO6S2/c1-17-7-6-12-20(15,16)11-8-9(19(3,13)14)4-5-10(11)18-2/h4-5,8,12H,6-7H2,1-3H3. The van der Waals surface area contributed by atoms with E-state index in [0.29, 0.717) is 0 Å². The van der Waals surface area contributed by atoms with Gasteiger partial charge in [-0.05, 0) is 18.2 Å². The van der Waals surface area contributed by atoms with Crippen LogP contribution in [0.1, 0.15) is 0 Å². The van der Waals surface area contributed by atoms with E-state index in [1.807, 2.05) is 0 Å². The molecular formula is C11H17NO6S2. The predicted molar refractivity (Wildman–Crippen MR) is 73.2 cm³/mol. The molecule has 114 valence electrons. The molecule has 0 unspecified atom stereocenters. The van der Waals surface area contributed by atoms with Crippen LogP contribution in [0.15, 0.2) is 28.0 Å². The van der Waals surface area contributed by atoms with Crippen LogP contribution in [-0.2, 0) is 24.6 Å². The summed E-state index contributed by atoms with van der Waals surface area (Å²) < 4.78 is 59.3. The number of nitrogens with one attached hydrogen (secondary N) is 1. The van der Waals surface area contributed by atoms with Crippen molar-refractivity contribution in [2.24, 2.45) is 0 Å². The van der Waals surface area contributed by atoms with Gasteiger partial charge in [0.25, 0.3) is 0 Å². The number of sulfone groups is 1. The summed E-state index contributed by atoms with van der Waals surface area (Å²) in [4.78, 5) is -0.315. The van der Waals surface area contributed by atoms with Crippen molar-refractivity contribution < 1.29 is 26.3 Å². The predicted octanol–water partition coefficient (Wildman–Crippen LogP) is 0.0234. The number of methoxy groups -OCH3 is 2. The smallest absolute Gasteiger partial charge is 0.244 e. The Balaban J connectivity index is 3.27. The van der Waals surface area contributed by atoms with Gasteiger partial charge in [0.05, 0.1) is 18.6 Å². The summed E-state index contributed by atoms with van der Waals surface area (Å²) in [6.07, 6.45) is 1.00. The molecule has 1 aromatic rings. The maximum Gasteiger partial charge on any atom is 0.244 e. The molecule has 0 radical (unpaired) electrons. The average Bonchev–Trinajstić information content (AvgIpc) is 2.37. The quantitative estimate of drug-likeness (QED) is 0.711. The molecule has 0 heterocycles. The molecule has 1 rings (SSSR count). The van der Waals surface area contributed by atoms with Crippen LogP contribution < -0.4 is 9.46 Å². The van der Waals surface area contributed by atoms with Crippen LogP contribution in [0.5, 0.6) is 5.75 Å². The molecule has 0 saturated heterocycles. The van der Waals surface area contributed by atoms with Gasteiger partial charge in [0.1, 0.15) is 10.6 Å². The molecule has 7 nitrogen and oxygen atoms in total. The van der Waals surface area contributed by atoms with Crippen molar-refractivity contribution >= 4 is 19.9 Å². The van der Waals surface area contributed by atoms with Gasteiger partial charge in [-0.15, -0.1) is 0 Å². The number of hydrogen-bond donors (Lipinski definition) is 1. The molecule has 0 fully saturated rings. The highest BCUT2D eigenvalue weighted by atomic mass is 32.2. The van der Waals surface area contributed by atoms with E-state index in [2.05, 4.69) is 4.72 Å². The van der Waals surface area contributed by atoms with Crippen LogP contribution >= 0.6 is 0 Å². The fourth-order valence-corrected chi connectivity index (χ4v) is 3.38. The van der Waals surface area contributed by atoms with Gasteiger partial charge >= 0.3 is 0 Å². The Kier molecular flexibility index (Phi) is 5.51. The SMILES string of the molecule is COCCNS(=O)(=O)c1cc(S(C)(=O)=O)ccc1OC. The maximum absolute atomic E-state index is 12.1. The molecule has 0 amide bonds. The van der Waals surface area contributed by atoms with E-state index in [4.69, 9.17) is 9.47 Å². The van der Waals surface area contributed by atoms with E-state index < -0.39 is 19.9 Å². The van der Waals surface area contributed by atoms with Crippen molar-refractivity contribution in [1.82, 2.24) is 4.72 Å². The van der Waals surface area contributed by atoms with Gasteiger partial charge in [-0.2, -0.15) is 0 Å². The fraction of sp³-hybridized carbons (Fsp3) is 0.455. The van der Waals surface area contributed by atoms with Gasteiger partial charge in [-0.25, -0.2) is 21.6 Å². The highest BCUT2D eigenvalue weighted by Crippen LogP contribution is 2.26. The zero-order chi connectivity index (χ0) is 15.4. The van der Waals surface area contributed by atoms with Gasteiger partial charge in [-0.1, -0.05) is 0 Å². The van der Waals surface area contributed by atoms with E-state index in [1.165, 1.54) is 26.4 Å². The number of sulfonamides is 1. The Morgan fingerprint density at radius 2 is 1.80 bits per heavy atom. The summed E-state index contributed by atoms with van der Waals surface area (Å²) in [5.41, 5.74) is 0. The average molecular weight is 323 g/mol. The minimum absolute atomic E-state index is 0.0716.